The van der Waals surface area contributed by atoms with Gasteiger partial charge in [0.15, 0.2) is 5.84 Å². The minimum Gasteiger partial charge on any atom is -0.409 e. The van der Waals surface area contributed by atoms with E-state index in [1.807, 2.05) is 18.2 Å². The molecule has 1 atom stereocenters. The van der Waals surface area contributed by atoms with E-state index in [1.165, 1.54) is 0 Å². The van der Waals surface area contributed by atoms with Crippen LogP contribution in [-0.4, -0.2) is 21.9 Å². The summed E-state index contributed by atoms with van der Waals surface area (Å²) in [4.78, 5) is 16.4. The molecular weight excluding hydrogens is 268 g/mol. The molecule has 2 aromatic rings. The number of aryl methyl sites for hydroxylation is 1. The van der Waals surface area contributed by atoms with Crippen LogP contribution in [0.3, 0.4) is 0 Å². The number of rotatable bonds is 4. The molecule has 1 aromatic carbocycles. The quantitative estimate of drug-likeness (QED) is 0.343. The first kappa shape index (κ1) is 14.5. The van der Waals surface area contributed by atoms with Crippen molar-refractivity contribution in [3.63, 3.8) is 0 Å². The molecule has 0 radical (unpaired) electrons. The predicted octanol–water partition coefficient (Wildman–Crippen LogP) is 1.61. The number of pyridine rings is 1. The lowest BCUT2D eigenvalue weighted by Crippen LogP contribution is -2.38. The Labute approximate surface area is 122 Å². The molecule has 0 aliphatic heterocycles. The average molecular weight is 284 g/mol. The second kappa shape index (κ2) is 6.51. The van der Waals surface area contributed by atoms with Gasteiger partial charge in [-0.2, -0.15) is 0 Å². The van der Waals surface area contributed by atoms with Crippen LogP contribution in [-0.2, 0) is 0 Å². The van der Waals surface area contributed by atoms with E-state index in [9.17, 15) is 4.79 Å². The number of benzene rings is 1. The van der Waals surface area contributed by atoms with Gasteiger partial charge >= 0.3 is 0 Å². The summed E-state index contributed by atoms with van der Waals surface area (Å²) in [7, 11) is 0. The highest BCUT2D eigenvalue weighted by atomic mass is 16.4. The third-order valence-electron chi connectivity index (χ3n) is 3.07. The Hall–Kier alpha value is -2.89. The minimum atomic E-state index is -0.705. The van der Waals surface area contributed by atoms with Gasteiger partial charge in [0, 0.05) is 11.9 Å². The summed E-state index contributed by atoms with van der Waals surface area (Å²) in [6.45, 7) is 1.75. The topological polar surface area (TPSA) is 101 Å². The van der Waals surface area contributed by atoms with E-state index < -0.39 is 6.04 Å². The van der Waals surface area contributed by atoms with E-state index in [0.717, 1.165) is 5.56 Å². The molecule has 1 amide bonds. The van der Waals surface area contributed by atoms with Crippen LogP contribution in [0, 0.1) is 6.92 Å². The molecule has 1 heterocycles. The van der Waals surface area contributed by atoms with Gasteiger partial charge in [-0.15, -0.1) is 0 Å². The van der Waals surface area contributed by atoms with E-state index in [-0.39, 0.29) is 11.7 Å². The fraction of sp³-hybridized carbons (Fsp3) is 0.133. The maximum atomic E-state index is 12.3. The molecule has 0 fully saturated rings. The largest absolute Gasteiger partial charge is 0.409 e. The van der Waals surface area contributed by atoms with Gasteiger partial charge in [-0.3, -0.25) is 9.78 Å². The lowest BCUT2D eigenvalue weighted by atomic mass is 10.1. The van der Waals surface area contributed by atoms with Crippen LogP contribution in [0.25, 0.3) is 0 Å². The van der Waals surface area contributed by atoms with Crippen molar-refractivity contribution < 1.29 is 10.0 Å². The molecule has 0 aliphatic rings. The molecule has 0 aliphatic carbocycles. The molecule has 0 bridgehead atoms. The lowest BCUT2D eigenvalue weighted by molar-refractivity contribution is 0.0945. The second-order valence-electron chi connectivity index (χ2n) is 4.48. The third-order valence-corrected chi connectivity index (χ3v) is 3.07. The number of nitrogens with one attached hydrogen (secondary N) is 1. The average Bonchev–Trinajstić information content (AvgIpc) is 2.53. The number of amidine groups is 1. The molecule has 2 rings (SSSR count). The summed E-state index contributed by atoms with van der Waals surface area (Å²) < 4.78 is 0. The maximum Gasteiger partial charge on any atom is 0.253 e. The minimum absolute atomic E-state index is 0.0870. The van der Waals surface area contributed by atoms with Gasteiger partial charge in [0.2, 0.25) is 0 Å². The van der Waals surface area contributed by atoms with Crippen LogP contribution < -0.4 is 11.1 Å². The van der Waals surface area contributed by atoms with Gasteiger partial charge in [-0.05, 0) is 24.6 Å². The molecule has 1 unspecified atom stereocenters. The number of carbonyl (C=O) groups is 1. The zero-order chi connectivity index (χ0) is 15.2. The first-order valence-corrected chi connectivity index (χ1v) is 6.38. The summed E-state index contributed by atoms with van der Waals surface area (Å²) in [5, 5.41) is 14.6. The summed E-state index contributed by atoms with van der Waals surface area (Å²) in [6, 6.07) is 11.7. The maximum absolute atomic E-state index is 12.3. The summed E-state index contributed by atoms with van der Waals surface area (Å²) in [6.07, 6.45) is 1.62. The van der Waals surface area contributed by atoms with Crippen molar-refractivity contribution >= 4 is 11.7 Å². The molecule has 4 N–H and O–H groups in total. The van der Waals surface area contributed by atoms with Crippen LogP contribution in [0.2, 0.25) is 0 Å². The highest BCUT2D eigenvalue weighted by Gasteiger charge is 2.20. The normalized spacial score (nSPS) is 12.7. The van der Waals surface area contributed by atoms with Crippen molar-refractivity contribution in [3.8, 4) is 0 Å². The van der Waals surface area contributed by atoms with Gasteiger partial charge in [-0.25, -0.2) is 0 Å². The van der Waals surface area contributed by atoms with E-state index >= 15 is 0 Å². The van der Waals surface area contributed by atoms with E-state index in [1.54, 1.807) is 37.4 Å². The number of nitrogens with two attached hydrogens (primary N) is 1. The number of aromatic nitrogens is 1. The molecule has 6 nitrogen and oxygen atoms in total. The van der Waals surface area contributed by atoms with Crippen molar-refractivity contribution in [3.05, 3.63) is 65.5 Å². The zero-order valence-corrected chi connectivity index (χ0v) is 11.5. The Morgan fingerprint density at radius 3 is 2.62 bits per heavy atom. The van der Waals surface area contributed by atoms with Crippen LogP contribution in [0.15, 0.2) is 53.8 Å². The fourth-order valence-electron chi connectivity index (χ4n) is 1.96. The zero-order valence-electron chi connectivity index (χ0n) is 11.5. The van der Waals surface area contributed by atoms with Gasteiger partial charge in [-0.1, -0.05) is 35.5 Å². The molecule has 0 saturated heterocycles. The fourth-order valence-corrected chi connectivity index (χ4v) is 1.96. The standard InChI is InChI=1S/C15H16N4O2/c1-10-12(8-5-9-17-10)15(20)18-13(14(16)19-21)11-6-3-2-4-7-11/h2-9,13,21H,1H3,(H2,16,19)(H,18,20). The first-order chi connectivity index (χ1) is 10.1. The first-order valence-electron chi connectivity index (χ1n) is 6.38. The summed E-state index contributed by atoms with van der Waals surface area (Å²) >= 11 is 0. The number of amides is 1. The molecule has 0 saturated carbocycles. The molecule has 21 heavy (non-hydrogen) atoms. The van der Waals surface area contributed by atoms with Crippen molar-refractivity contribution in [2.75, 3.05) is 0 Å². The predicted molar refractivity (Wildman–Crippen MR) is 79.0 cm³/mol. The van der Waals surface area contributed by atoms with E-state index in [0.29, 0.717) is 11.3 Å². The molecule has 108 valence electrons. The van der Waals surface area contributed by atoms with E-state index in [2.05, 4.69) is 15.5 Å². The number of nitrogens with zero attached hydrogens (tertiary/aromatic N) is 2. The highest BCUT2D eigenvalue weighted by Crippen LogP contribution is 2.14. The van der Waals surface area contributed by atoms with Crippen molar-refractivity contribution in [1.82, 2.24) is 10.3 Å². The van der Waals surface area contributed by atoms with E-state index in [4.69, 9.17) is 10.9 Å². The number of hydrogen-bond acceptors (Lipinski definition) is 4. The van der Waals surface area contributed by atoms with Gasteiger partial charge in [0.05, 0.1) is 5.56 Å². The van der Waals surface area contributed by atoms with Crippen LogP contribution >= 0.6 is 0 Å². The SMILES string of the molecule is Cc1ncccc1C(=O)NC(/C(N)=N/O)c1ccccc1. The smallest absolute Gasteiger partial charge is 0.253 e. The van der Waals surface area contributed by atoms with Crippen LogP contribution in [0.4, 0.5) is 0 Å². The molecular formula is C15H16N4O2. The molecule has 0 spiro atoms. The van der Waals surface area contributed by atoms with Crippen molar-refractivity contribution in [1.29, 1.82) is 0 Å². The second-order valence-corrected chi connectivity index (χ2v) is 4.48. The third kappa shape index (κ3) is 3.36. The van der Waals surface area contributed by atoms with Crippen molar-refractivity contribution in [2.24, 2.45) is 10.9 Å². The molecule has 6 heteroatoms. The monoisotopic (exact) mass is 284 g/mol. The van der Waals surface area contributed by atoms with Crippen LogP contribution in [0.1, 0.15) is 27.7 Å². The van der Waals surface area contributed by atoms with Crippen molar-refractivity contribution in [2.45, 2.75) is 13.0 Å². The number of oxime groups is 1. The van der Waals surface area contributed by atoms with Gasteiger partial charge < -0.3 is 16.3 Å². The Kier molecular flexibility index (Phi) is 4.50. The van der Waals surface area contributed by atoms with Gasteiger partial charge in [0.25, 0.3) is 5.91 Å². The van der Waals surface area contributed by atoms with Crippen LogP contribution in [0.5, 0.6) is 0 Å². The lowest BCUT2D eigenvalue weighted by Gasteiger charge is -2.18. The summed E-state index contributed by atoms with van der Waals surface area (Å²) in [5.41, 5.74) is 7.47. The Morgan fingerprint density at radius 2 is 2.00 bits per heavy atom. The Morgan fingerprint density at radius 1 is 1.29 bits per heavy atom. The number of carbonyl (C=O) groups excluding carboxylic acids is 1. The molecule has 1 aromatic heterocycles. The summed E-state index contributed by atoms with van der Waals surface area (Å²) in [5.74, 6) is -0.419. The number of hydrogen-bond donors (Lipinski definition) is 3. The van der Waals surface area contributed by atoms with Gasteiger partial charge in [0.1, 0.15) is 6.04 Å². The highest BCUT2D eigenvalue weighted by molar-refractivity contribution is 5.99. The Bertz CT molecular complexity index is 656. The Balaban J connectivity index is 2.28.